The molecule has 1 saturated carbocycles. The molecule has 1 heterocycles. The van der Waals surface area contributed by atoms with E-state index in [9.17, 15) is 14.4 Å². The van der Waals surface area contributed by atoms with E-state index in [1.165, 1.54) is 0 Å². The molecule has 0 spiro atoms. The molecule has 0 bridgehead atoms. The first kappa shape index (κ1) is 18.4. The predicted molar refractivity (Wildman–Crippen MR) is 99.7 cm³/mol. The van der Waals surface area contributed by atoms with Gasteiger partial charge in [0, 0.05) is 30.3 Å². The van der Waals surface area contributed by atoms with Crippen LogP contribution in [0.3, 0.4) is 0 Å². The Morgan fingerprint density at radius 1 is 1.12 bits per heavy atom. The molecule has 140 valence electrons. The van der Waals surface area contributed by atoms with Gasteiger partial charge in [0.05, 0.1) is 0 Å². The third kappa shape index (κ3) is 4.62. The first-order valence-electron chi connectivity index (χ1n) is 9.45. The topological polar surface area (TPSA) is 78.5 Å². The fourth-order valence-corrected chi connectivity index (χ4v) is 3.25. The second-order valence-electron chi connectivity index (χ2n) is 7.66. The van der Waals surface area contributed by atoms with Crippen molar-refractivity contribution in [3.05, 3.63) is 29.8 Å². The van der Waals surface area contributed by atoms with Crippen molar-refractivity contribution in [1.29, 1.82) is 0 Å². The largest absolute Gasteiger partial charge is 0.352 e. The second kappa shape index (κ2) is 7.89. The Morgan fingerprint density at radius 2 is 1.81 bits per heavy atom. The predicted octanol–water partition coefficient (Wildman–Crippen LogP) is 2.55. The summed E-state index contributed by atoms with van der Waals surface area (Å²) in [5.41, 5.74) is 1.22. The standard InChI is InChI=1S/C20H27N3O3/c1-13(2)12-18(24)21-15-7-5-14(6-8-15)20(26)23-11-3-4-17(23)19(25)22-16-9-10-16/h5-8,13,16-17H,3-4,9-12H2,1-2H3,(H,21,24)(H,22,25). The maximum atomic E-state index is 12.8. The first-order chi connectivity index (χ1) is 12.4. The van der Waals surface area contributed by atoms with Gasteiger partial charge in [-0.05, 0) is 55.9 Å². The summed E-state index contributed by atoms with van der Waals surface area (Å²) in [7, 11) is 0. The Bertz CT molecular complexity index is 680. The number of rotatable bonds is 6. The molecule has 0 aromatic heterocycles. The first-order valence-corrected chi connectivity index (χ1v) is 9.45. The van der Waals surface area contributed by atoms with Crippen LogP contribution in [0.2, 0.25) is 0 Å². The van der Waals surface area contributed by atoms with Crippen LogP contribution in [0.25, 0.3) is 0 Å². The maximum Gasteiger partial charge on any atom is 0.254 e. The molecule has 26 heavy (non-hydrogen) atoms. The highest BCUT2D eigenvalue weighted by Crippen LogP contribution is 2.24. The van der Waals surface area contributed by atoms with E-state index in [-0.39, 0.29) is 23.8 Å². The maximum absolute atomic E-state index is 12.8. The Morgan fingerprint density at radius 3 is 2.42 bits per heavy atom. The van der Waals surface area contributed by atoms with Crippen molar-refractivity contribution in [2.45, 2.75) is 58.0 Å². The zero-order chi connectivity index (χ0) is 18.7. The van der Waals surface area contributed by atoms with E-state index >= 15 is 0 Å². The van der Waals surface area contributed by atoms with Crippen molar-refractivity contribution in [2.24, 2.45) is 5.92 Å². The molecular weight excluding hydrogens is 330 g/mol. The van der Waals surface area contributed by atoms with E-state index in [2.05, 4.69) is 10.6 Å². The van der Waals surface area contributed by atoms with Crippen LogP contribution in [0.1, 0.15) is 56.3 Å². The van der Waals surface area contributed by atoms with Gasteiger partial charge in [0.1, 0.15) is 6.04 Å². The molecule has 3 rings (SSSR count). The Balaban J connectivity index is 1.61. The molecule has 2 fully saturated rings. The van der Waals surface area contributed by atoms with Gasteiger partial charge in [-0.1, -0.05) is 13.8 Å². The zero-order valence-corrected chi connectivity index (χ0v) is 15.5. The van der Waals surface area contributed by atoms with Gasteiger partial charge in [-0.25, -0.2) is 0 Å². The highest BCUT2D eigenvalue weighted by Gasteiger charge is 2.36. The summed E-state index contributed by atoms with van der Waals surface area (Å²) in [6.07, 6.45) is 4.10. The average Bonchev–Trinajstić information content (AvgIpc) is 3.26. The molecule has 3 amide bonds. The number of carbonyl (C=O) groups excluding carboxylic acids is 3. The van der Waals surface area contributed by atoms with Gasteiger partial charge in [-0.2, -0.15) is 0 Å². The smallest absolute Gasteiger partial charge is 0.254 e. The van der Waals surface area contributed by atoms with Crippen molar-refractivity contribution in [2.75, 3.05) is 11.9 Å². The van der Waals surface area contributed by atoms with Crippen LogP contribution >= 0.6 is 0 Å². The van der Waals surface area contributed by atoms with E-state index < -0.39 is 0 Å². The van der Waals surface area contributed by atoms with Crippen LogP contribution in [0.4, 0.5) is 5.69 Å². The fourth-order valence-electron chi connectivity index (χ4n) is 3.25. The molecule has 6 heteroatoms. The lowest BCUT2D eigenvalue weighted by Gasteiger charge is -2.24. The number of nitrogens with one attached hydrogen (secondary N) is 2. The molecule has 1 atom stereocenters. The Labute approximate surface area is 154 Å². The summed E-state index contributed by atoms with van der Waals surface area (Å²) >= 11 is 0. The molecule has 2 N–H and O–H groups in total. The van der Waals surface area contributed by atoms with Crippen molar-refractivity contribution in [3.63, 3.8) is 0 Å². The number of carbonyl (C=O) groups is 3. The van der Waals surface area contributed by atoms with Gasteiger partial charge < -0.3 is 15.5 Å². The zero-order valence-electron chi connectivity index (χ0n) is 15.5. The van der Waals surface area contributed by atoms with Crippen LogP contribution in [-0.4, -0.2) is 41.2 Å². The molecule has 1 aliphatic heterocycles. The number of nitrogens with zero attached hydrogens (tertiary/aromatic N) is 1. The van der Waals surface area contributed by atoms with Gasteiger partial charge in [0.25, 0.3) is 5.91 Å². The lowest BCUT2D eigenvalue weighted by molar-refractivity contribution is -0.125. The van der Waals surface area contributed by atoms with Crippen LogP contribution < -0.4 is 10.6 Å². The second-order valence-corrected chi connectivity index (χ2v) is 7.66. The SMILES string of the molecule is CC(C)CC(=O)Nc1ccc(C(=O)N2CCCC2C(=O)NC2CC2)cc1. The molecule has 1 unspecified atom stereocenters. The number of hydrogen-bond acceptors (Lipinski definition) is 3. The summed E-state index contributed by atoms with van der Waals surface area (Å²) in [6.45, 7) is 4.59. The molecule has 1 aliphatic carbocycles. The lowest BCUT2D eigenvalue weighted by atomic mass is 10.1. The van der Waals surface area contributed by atoms with E-state index in [0.717, 1.165) is 19.3 Å². The number of hydrogen-bond donors (Lipinski definition) is 2. The van der Waals surface area contributed by atoms with Gasteiger partial charge in [-0.3, -0.25) is 14.4 Å². The summed E-state index contributed by atoms with van der Waals surface area (Å²) in [5.74, 6) is 0.106. The van der Waals surface area contributed by atoms with Gasteiger partial charge in [-0.15, -0.1) is 0 Å². The van der Waals surface area contributed by atoms with Gasteiger partial charge >= 0.3 is 0 Å². The number of benzene rings is 1. The van der Waals surface area contributed by atoms with Crippen molar-refractivity contribution >= 4 is 23.4 Å². The number of anilines is 1. The van der Waals surface area contributed by atoms with Crippen molar-refractivity contribution < 1.29 is 14.4 Å². The summed E-state index contributed by atoms with van der Waals surface area (Å²) in [5, 5.41) is 5.83. The summed E-state index contributed by atoms with van der Waals surface area (Å²) in [4.78, 5) is 38.7. The highest BCUT2D eigenvalue weighted by atomic mass is 16.2. The van der Waals surface area contributed by atoms with Crippen molar-refractivity contribution in [1.82, 2.24) is 10.2 Å². The third-order valence-electron chi connectivity index (χ3n) is 4.75. The normalized spacial score (nSPS) is 19.5. The van der Waals surface area contributed by atoms with E-state index in [0.29, 0.717) is 42.6 Å². The van der Waals surface area contributed by atoms with Crippen LogP contribution in [0, 0.1) is 5.92 Å². The molecule has 1 aromatic rings. The average molecular weight is 357 g/mol. The summed E-state index contributed by atoms with van der Waals surface area (Å²) in [6, 6.07) is 6.83. The van der Waals surface area contributed by atoms with Crippen molar-refractivity contribution in [3.8, 4) is 0 Å². The monoisotopic (exact) mass is 357 g/mol. The minimum absolute atomic E-state index is 0.0316. The highest BCUT2D eigenvalue weighted by molar-refractivity contribution is 5.98. The third-order valence-corrected chi connectivity index (χ3v) is 4.75. The fraction of sp³-hybridized carbons (Fsp3) is 0.550. The minimum Gasteiger partial charge on any atom is -0.352 e. The molecule has 2 aliphatic rings. The van der Waals surface area contributed by atoms with E-state index in [1.807, 2.05) is 13.8 Å². The number of likely N-dealkylation sites (tertiary alicyclic amines) is 1. The number of amides is 3. The lowest BCUT2D eigenvalue weighted by Crippen LogP contribution is -2.46. The van der Waals surface area contributed by atoms with Gasteiger partial charge in [0.2, 0.25) is 11.8 Å². The molecule has 1 aromatic carbocycles. The molecule has 1 saturated heterocycles. The van der Waals surface area contributed by atoms with E-state index in [4.69, 9.17) is 0 Å². The minimum atomic E-state index is -0.367. The van der Waals surface area contributed by atoms with Crippen LogP contribution in [-0.2, 0) is 9.59 Å². The summed E-state index contributed by atoms with van der Waals surface area (Å²) < 4.78 is 0. The van der Waals surface area contributed by atoms with E-state index in [1.54, 1.807) is 29.2 Å². The quantitative estimate of drug-likeness (QED) is 0.821. The molecular formula is C20H27N3O3. The van der Waals surface area contributed by atoms with Crippen LogP contribution in [0.15, 0.2) is 24.3 Å². The van der Waals surface area contributed by atoms with Crippen LogP contribution in [0.5, 0.6) is 0 Å². The molecule has 0 radical (unpaired) electrons. The Hall–Kier alpha value is -2.37. The Kier molecular flexibility index (Phi) is 5.59. The molecule has 6 nitrogen and oxygen atoms in total. The van der Waals surface area contributed by atoms with Gasteiger partial charge in [0.15, 0.2) is 0 Å².